The highest BCUT2D eigenvalue weighted by atomic mass is 16.5. The molecule has 1 aromatic carbocycles. The van der Waals surface area contributed by atoms with E-state index >= 15 is 0 Å². The van der Waals surface area contributed by atoms with E-state index in [1.807, 2.05) is 24.3 Å². The largest absolute Gasteiger partial charge is 0.488 e. The molecule has 0 saturated carbocycles. The molecule has 1 aliphatic heterocycles. The first-order valence-corrected chi connectivity index (χ1v) is 6.59. The predicted molar refractivity (Wildman–Crippen MR) is 73.8 cm³/mol. The Morgan fingerprint density at radius 1 is 1.30 bits per heavy atom. The number of nitriles is 1. The van der Waals surface area contributed by atoms with Gasteiger partial charge in [-0.1, -0.05) is 12.1 Å². The van der Waals surface area contributed by atoms with Crippen molar-refractivity contribution in [2.24, 2.45) is 0 Å². The fraction of sp³-hybridized carbons (Fsp3) is 0.333. The summed E-state index contributed by atoms with van der Waals surface area (Å²) < 4.78 is 11.2. The Balaban J connectivity index is 2.11. The van der Waals surface area contributed by atoms with Gasteiger partial charge in [-0.3, -0.25) is 4.79 Å². The van der Waals surface area contributed by atoms with Crippen molar-refractivity contribution in [1.29, 1.82) is 5.26 Å². The zero-order valence-corrected chi connectivity index (χ0v) is 10.9. The van der Waals surface area contributed by atoms with E-state index in [1.54, 1.807) is 6.07 Å². The van der Waals surface area contributed by atoms with Crippen molar-refractivity contribution in [1.82, 2.24) is 4.98 Å². The number of aromatic nitrogens is 1. The molecule has 0 atom stereocenters. The van der Waals surface area contributed by atoms with Crippen molar-refractivity contribution in [3.63, 3.8) is 0 Å². The highest BCUT2D eigenvalue weighted by molar-refractivity contribution is 5.87. The van der Waals surface area contributed by atoms with Gasteiger partial charge >= 0.3 is 0 Å². The number of hydrogen-bond donors (Lipinski definition) is 1. The van der Waals surface area contributed by atoms with Gasteiger partial charge in [-0.15, -0.1) is 0 Å². The number of pyridine rings is 1. The van der Waals surface area contributed by atoms with Crippen LogP contribution in [0.3, 0.4) is 0 Å². The van der Waals surface area contributed by atoms with Crippen molar-refractivity contribution >= 4 is 10.9 Å². The number of nitrogens with one attached hydrogen (secondary N) is 1. The van der Waals surface area contributed by atoms with Crippen LogP contribution in [-0.4, -0.2) is 24.3 Å². The Morgan fingerprint density at radius 3 is 2.80 bits per heavy atom. The zero-order valence-electron chi connectivity index (χ0n) is 10.9. The average molecular weight is 270 g/mol. The maximum absolute atomic E-state index is 11.9. The number of para-hydroxylation sites is 1. The van der Waals surface area contributed by atoms with Gasteiger partial charge in [-0.2, -0.15) is 5.26 Å². The number of hydrogen-bond acceptors (Lipinski definition) is 4. The third kappa shape index (κ3) is 2.26. The number of aromatic amines is 1. The van der Waals surface area contributed by atoms with E-state index in [-0.39, 0.29) is 11.7 Å². The van der Waals surface area contributed by atoms with E-state index in [0.29, 0.717) is 24.5 Å². The van der Waals surface area contributed by atoms with Crippen molar-refractivity contribution in [3.05, 3.63) is 40.2 Å². The second-order valence-corrected chi connectivity index (χ2v) is 4.75. The maximum Gasteiger partial charge on any atom is 0.270 e. The number of fused-ring (bicyclic) bond motifs is 1. The minimum Gasteiger partial charge on any atom is -0.488 e. The van der Waals surface area contributed by atoms with Crippen LogP contribution in [0, 0.1) is 11.3 Å². The Bertz CT molecular complexity index is 724. The van der Waals surface area contributed by atoms with Crippen LogP contribution < -0.4 is 10.3 Å². The van der Waals surface area contributed by atoms with Crippen LogP contribution in [0.25, 0.3) is 10.9 Å². The molecule has 0 aliphatic carbocycles. The molecule has 2 heterocycles. The van der Waals surface area contributed by atoms with Gasteiger partial charge in [0.1, 0.15) is 12.2 Å². The monoisotopic (exact) mass is 270 g/mol. The average Bonchev–Trinajstić information content (AvgIpc) is 2.48. The van der Waals surface area contributed by atoms with Gasteiger partial charge < -0.3 is 14.5 Å². The SMILES string of the molecule is N#Cc1c(OC2CCOCC2)c2ccccc2[nH]c1=O. The van der Waals surface area contributed by atoms with Gasteiger partial charge in [0.25, 0.3) is 5.56 Å². The Labute approximate surface area is 115 Å². The molecule has 3 rings (SSSR count). The Hall–Kier alpha value is -2.32. The lowest BCUT2D eigenvalue weighted by molar-refractivity contribution is 0.0260. The lowest BCUT2D eigenvalue weighted by atomic mass is 10.1. The molecular formula is C15H14N2O3. The number of rotatable bonds is 2. The topological polar surface area (TPSA) is 75.1 Å². The lowest BCUT2D eigenvalue weighted by Gasteiger charge is -2.24. The van der Waals surface area contributed by atoms with E-state index in [1.165, 1.54) is 0 Å². The van der Waals surface area contributed by atoms with Crippen molar-refractivity contribution in [2.75, 3.05) is 13.2 Å². The molecule has 0 amide bonds. The number of ether oxygens (including phenoxy) is 2. The molecule has 1 aliphatic rings. The Morgan fingerprint density at radius 2 is 2.05 bits per heavy atom. The molecule has 5 nitrogen and oxygen atoms in total. The normalized spacial score (nSPS) is 15.9. The van der Waals surface area contributed by atoms with Crippen LogP contribution in [0.1, 0.15) is 18.4 Å². The summed E-state index contributed by atoms with van der Waals surface area (Å²) in [7, 11) is 0. The zero-order chi connectivity index (χ0) is 13.9. The molecule has 102 valence electrons. The number of nitrogens with zero attached hydrogens (tertiary/aromatic N) is 1. The summed E-state index contributed by atoms with van der Waals surface area (Å²) in [5, 5.41) is 9.97. The van der Waals surface area contributed by atoms with E-state index in [2.05, 4.69) is 4.98 Å². The quantitative estimate of drug-likeness (QED) is 0.905. The van der Waals surface area contributed by atoms with Gasteiger partial charge in [0, 0.05) is 18.2 Å². The molecule has 1 saturated heterocycles. The standard InChI is InChI=1S/C15H14N2O3/c16-9-12-14(20-10-5-7-19-8-6-10)11-3-1-2-4-13(11)17-15(12)18/h1-4,10H,5-8H2,(H,17,18). The van der Waals surface area contributed by atoms with Crippen LogP contribution >= 0.6 is 0 Å². The molecule has 0 radical (unpaired) electrons. The predicted octanol–water partition coefficient (Wildman–Crippen LogP) is 1.96. The van der Waals surface area contributed by atoms with Gasteiger partial charge in [0.05, 0.1) is 18.7 Å². The number of benzene rings is 1. The van der Waals surface area contributed by atoms with Crippen molar-refractivity contribution in [3.8, 4) is 11.8 Å². The van der Waals surface area contributed by atoms with E-state index in [0.717, 1.165) is 18.2 Å². The van der Waals surface area contributed by atoms with E-state index in [9.17, 15) is 10.1 Å². The second-order valence-electron chi connectivity index (χ2n) is 4.75. The molecule has 1 aromatic heterocycles. The first kappa shape index (κ1) is 12.7. The van der Waals surface area contributed by atoms with Gasteiger partial charge in [-0.25, -0.2) is 0 Å². The molecule has 5 heteroatoms. The summed E-state index contributed by atoms with van der Waals surface area (Å²) in [4.78, 5) is 14.6. The molecule has 20 heavy (non-hydrogen) atoms. The summed E-state index contributed by atoms with van der Waals surface area (Å²) in [6, 6.07) is 9.29. The molecule has 1 N–H and O–H groups in total. The van der Waals surface area contributed by atoms with Gasteiger partial charge in [0.2, 0.25) is 0 Å². The van der Waals surface area contributed by atoms with E-state index in [4.69, 9.17) is 9.47 Å². The number of H-pyrrole nitrogens is 1. The summed E-state index contributed by atoms with van der Waals surface area (Å²) in [5.41, 5.74) is 0.307. The molecular weight excluding hydrogens is 256 g/mol. The van der Waals surface area contributed by atoms with Crippen LogP contribution in [0.5, 0.6) is 5.75 Å². The first-order chi connectivity index (χ1) is 9.79. The van der Waals surface area contributed by atoms with Gasteiger partial charge in [0.15, 0.2) is 11.3 Å². The minimum absolute atomic E-state index is 0.0129. The summed E-state index contributed by atoms with van der Waals surface area (Å²) in [6.07, 6.45) is 1.53. The lowest BCUT2D eigenvalue weighted by Crippen LogP contribution is -2.27. The highest BCUT2D eigenvalue weighted by Gasteiger charge is 2.20. The van der Waals surface area contributed by atoms with Crippen LogP contribution in [-0.2, 0) is 4.74 Å². The third-order valence-electron chi connectivity index (χ3n) is 3.44. The highest BCUT2D eigenvalue weighted by Crippen LogP contribution is 2.28. The second kappa shape index (κ2) is 5.35. The van der Waals surface area contributed by atoms with Crippen LogP contribution in [0.4, 0.5) is 0 Å². The summed E-state index contributed by atoms with van der Waals surface area (Å²) >= 11 is 0. The van der Waals surface area contributed by atoms with Gasteiger partial charge in [-0.05, 0) is 12.1 Å². The minimum atomic E-state index is -0.409. The van der Waals surface area contributed by atoms with Crippen LogP contribution in [0.15, 0.2) is 29.1 Å². The summed E-state index contributed by atoms with van der Waals surface area (Å²) in [5.74, 6) is 0.388. The molecule has 2 aromatic rings. The molecule has 0 spiro atoms. The molecule has 1 fully saturated rings. The smallest absolute Gasteiger partial charge is 0.270 e. The molecule has 0 unspecified atom stereocenters. The van der Waals surface area contributed by atoms with Crippen LogP contribution in [0.2, 0.25) is 0 Å². The summed E-state index contributed by atoms with van der Waals surface area (Å²) in [6.45, 7) is 1.29. The Kier molecular flexibility index (Phi) is 3.40. The fourth-order valence-corrected chi connectivity index (χ4v) is 2.40. The molecule has 0 bridgehead atoms. The van der Waals surface area contributed by atoms with E-state index < -0.39 is 5.56 Å². The van der Waals surface area contributed by atoms with Crippen molar-refractivity contribution in [2.45, 2.75) is 18.9 Å². The third-order valence-corrected chi connectivity index (χ3v) is 3.44. The maximum atomic E-state index is 11.9. The van der Waals surface area contributed by atoms with Crippen molar-refractivity contribution < 1.29 is 9.47 Å². The fourth-order valence-electron chi connectivity index (χ4n) is 2.40. The first-order valence-electron chi connectivity index (χ1n) is 6.59.